The molecule has 0 amide bonds. The van der Waals surface area contributed by atoms with Gasteiger partial charge in [0.2, 0.25) is 0 Å². The van der Waals surface area contributed by atoms with Crippen LogP contribution in [0.1, 0.15) is 38.8 Å². The summed E-state index contributed by atoms with van der Waals surface area (Å²) in [5, 5.41) is 0. The summed E-state index contributed by atoms with van der Waals surface area (Å²) >= 11 is 0. The van der Waals surface area contributed by atoms with Gasteiger partial charge in [-0.1, -0.05) is 6.92 Å². The minimum atomic E-state index is -0.173. The summed E-state index contributed by atoms with van der Waals surface area (Å²) in [4.78, 5) is 4.15. The van der Waals surface area contributed by atoms with Crippen molar-refractivity contribution in [3.8, 4) is 5.75 Å². The Morgan fingerprint density at radius 1 is 1.35 bits per heavy atom. The SMILES string of the molecule is CCC(OC)C(N)c1cncc(OC(C)C)c1. The molecular formula is C13H22N2O2. The highest BCUT2D eigenvalue weighted by molar-refractivity contribution is 5.26. The van der Waals surface area contributed by atoms with Crippen molar-refractivity contribution in [2.24, 2.45) is 5.73 Å². The molecule has 96 valence electrons. The summed E-state index contributed by atoms with van der Waals surface area (Å²) < 4.78 is 10.9. The molecule has 1 aromatic rings. The van der Waals surface area contributed by atoms with E-state index in [1.54, 1.807) is 19.5 Å². The van der Waals surface area contributed by atoms with Crippen molar-refractivity contribution >= 4 is 0 Å². The molecule has 1 heterocycles. The van der Waals surface area contributed by atoms with Gasteiger partial charge < -0.3 is 15.2 Å². The molecule has 4 nitrogen and oxygen atoms in total. The van der Waals surface area contributed by atoms with Crippen LogP contribution in [-0.4, -0.2) is 24.3 Å². The first-order valence-electron chi connectivity index (χ1n) is 5.98. The van der Waals surface area contributed by atoms with E-state index in [1.165, 1.54) is 0 Å². The number of nitrogens with two attached hydrogens (primary N) is 1. The molecule has 17 heavy (non-hydrogen) atoms. The molecule has 0 saturated heterocycles. The van der Waals surface area contributed by atoms with Crippen molar-refractivity contribution in [1.82, 2.24) is 4.98 Å². The molecule has 2 unspecified atom stereocenters. The summed E-state index contributed by atoms with van der Waals surface area (Å²) in [5.74, 6) is 0.749. The summed E-state index contributed by atoms with van der Waals surface area (Å²) in [6.45, 7) is 6.02. The molecule has 0 aliphatic rings. The van der Waals surface area contributed by atoms with Crippen LogP contribution < -0.4 is 10.5 Å². The van der Waals surface area contributed by atoms with Crippen molar-refractivity contribution in [2.45, 2.75) is 45.4 Å². The lowest BCUT2D eigenvalue weighted by Crippen LogP contribution is -2.27. The Morgan fingerprint density at radius 2 is 2.06 bits per heavy atom. The van der Waals surface area contributed by atoms with Crippen molar-refractivity contribution in [1.29, 1.82) is 0 Å². The van der Waals surface area contributed by atoms with Crippen LogP contribution in [-0.2, 0) is 4.74 Å². The Labute approximate surface area is 103 Å². The molecule has 2 N–H and O–H groups in total. The monoisotopic (exact) mass is 238 g/mol. The lowest BCUT2D eigenvalue weighted by atomic mass is 10.0. The molecule has 0 spiro atoms. The Bertz CT molecular complexity index is 338. The minimum Gasteiger partial charge on any atom is -0.489 e. The average Bonchev–Trinajstić information content (AvgIpc) is 2.30. The summed E-state index contributed by atoms with van der Waals surface area (Å²) in [5.41, 5.74) is 7.08. The van der Waals surface area contributed by atoms with Crippen LogP contribution >= 0.6 is 0 Å². The lowest BCUT2D eigenvalue weighted by Gasteiger charge is -2.21. The summed E-state index contributed by atoms with van der Waals surface area (Å²) in [7, 11) is 1.68. The first-order chi connectivity index (χ1) is 8.08. The second-order valence-electron chi connectivity index (χ2n) is 4.33. The largest absolute Gasteiger partial charge is 0.489 e. The van der Waals surface area contributed by atoms with E-state index in [4.69, 9.17) is 15.2 Å². The molecule has 0 bridgehead atoms. The molecule has 2 atom stereocenters. The fourth-order valence-corrected chi connectivity index (χ4v) is 1.74. The number of aromatic nitrogens is 1. The number of nitrogens with zero attached hydrogens (tertiary/aromatic N) is 1. The number of methoxy groups -OCH3 is 1. The molecular weight excluding hydrogens is 216 g/mol. The van der Waals surface area contributed by atoms with Crippen molar-refractivity contribution in [2.75, 3.05) is 7.11 Å². The summed E-state index contributed by atoms with van der Waals surface area (Å²) in [6, 6.07) is 1.76. The predicted molar refractivity (Wildman–Crippen MR) is 68.0 cm³/mol. The maximum Gasteiger partial charge on any atom is 0.138 e. The topological polar surface area (TPSA) is 57.4 Å². The second-order valence-corrected chi connectivity index (χ2v) is 4.33. The Kier molecular flexibility index (Phi) is 5.38. The van der Waals surface area contributed by atoms with Crippen LogP contribution in [0.25, 0.3) is 0 Å². The van der Waals surface area contributed by atoms with Gasteiger partial charge in [-0.3, -0.25) is 4.98 Å². The van der Waals surface area contributed by atoms with Gasteiger partial charge in [0.25, 0.3) is 0 Å². The molecule has 4 heteroatoms. The number of pyridine rings is 1. The van der Waals surface area contributed by atoms with Gasteiger partial charge in [0, 0.05) is 13.3 Å². The molecule has 0 fully saturated rings. The zero-order valence-corrected chi connectivity index (χ0v) is 11.0. The van der Waals surface area contributed by atoms with Crippen LogP contribution in [0.15, 0.2) is 18.5 Å². The van der Waals surface area contributed by atoms with E-state index in [1.807, 2.05) is 19.9 Å². The van der Waals surface area contributed by atoms with Gasteiger partial charge in [-0.05, 0) is 31.9 Å². The smallest absolute Gasteiger partial charge is 0.138 e. The molecule has 0 radical (unpaired) electrons. The van der Waals surface area contributed by atoms with Gasteiger partial charge in [-0.2, -0.15) is 0 Å². The van der Waals surface area contributed by atoms with E-state index in [9.17, 15) is 0 Å². The van der Waals surface area contributed by atoms with Gasteiger partial charge in [0.05, 0.1) is 24.4 Å². The quantitative estimate of drug-likeness (QED) is 0.826. The average molecular weight is 238 g/mol. The maximum absolute atomic E-state index is 6.14. The lowest BCUT2D eigenvalue weighted by molar-refractivity contribution is 0.0770. The van der Waals surface area contributed by atoms with Crippen LogP contribution in [0.4, 0.5) is 0 Å². The fourth-order valence-electron chi connectivity index (χ4n) is 1.74. The highest BCUT2D eigenvalue weighted by Gasteiger charge is 2.18. The van der Waals surface area contributed by atoms with E-state index >= 15 is 0 Å². The first kappa shape index (κ1) is 13.9. The van der Waals surface area contributed by atoms with Gasteiger partial charge >= 0.3 is 0 Å². The van der Waals surface area contributed by atoms with E-state index in [2.05, 4.69) is 11.9 Å². The standard InChI is InChI=1S/C13H22N2O2/c1-5-12(16-4)13(14)10-6-11(8-15-7-10)17-9(2)3/h6-9,12-13H,5,14H2,1-4H3. The third-order valence-electron chi connectivity index (χ3n) is 2.60. The fraction of sp³-hybridized carbons (Fsp3) is 0.615. The van der Waals surface area contributed by atoms with Crippen LogP contribution in [0.2, 0.25) is 0 Å². The maximum atomic E-state index is 6.14. The van der Waals surface area contributed by atoms with E-state index in [0.717, 1.165) is 17.7 Å². The summed E-state index contributed by atoms with van der Waals surface area (Å²) in [6.07, 6.45) is 4.47. The Morgan fingerprint density at radius 3 is 2.59 bits per heavy atom. The zero-order valence-electron chi connectivity index (χ0n) is 11.0. The molecule has 1 rings (SSSR count). The van der Waals surface area contributed by atoms with Crippen LogP contribution in [0.5, 0.6) is 5.75 Å². The van der Waals surface area contributed by atoms with Crippen molar-refractivity contribution < 1.29 is 9.47 Å². The normalized spacial score (nSPS) is 14.7. The molecule has 0 aliphatic heterocycles. The highest BCUT2D eigenvalue weighted by atomic mass is 16.5. The van der Waals surface area contributed by atoms with E-state index < -0.39 is 0 Å². The number of rotatable bonds is 6. The molecule has 0 aliphatic carbocycles. The number of ether oxygens (including phenoxy) is 2. The first-order valence-corrected chi connectivity index (χ1v) is 5.98. The van der Waals surface area contributed by atoms with Crippen molar-refractivity contribution in [3.63, 3.8) is 0 Å². The van der Waals surface area contributed by atoms with E-state index in [0.29, 0.717) is 0 Å². The third kappa shape index (κ3) is 3.98. The van der Waals surface area contributed by atoms with Gasteiger partial charge in [-0.15, -0.1) is 0 Å². The van der Waals surface area contributed by atoms with Crippen molar-refractivity contribution in [3.05, 3.63) is 24.0 Å². The highest BCUT2D eigenvalue weighted by Crippen LogP contribution is 2.22. The van der Waals surface area contributed by atoms with Gasteiger partial charge in [0.1, 0.15) is 5.75 Å². The van der Waals surface area contributed by atoms with Gasteiger partial charge in [0.15, 0.2) is 0 Å². The zero-order chi connectivity index (χ0) is 12.8. The molecule has 1 aromatic heterocycles. The molecule has 0 saturated carbocycles. The van der Waals surface area contributed by atoms with E-state index in [-0.39, 0.29) is 18.2 Å². The van der Waals surface area contributed by atoms with Crippen LogP contribution in [0, 0.1) is 0 Å². The minimum absolute atomic E-state index is 0.00565. The second kappa shape index (κ2) is 6.57. The number of hydrogen-bond acceptors (Lipinski definition) is 4. The Balaban J connectivity index is 2.83. The van der Waals surface area contributed by atoms with Gasteiger partial charge in [-0.25, -0.2) is 0 Å². The molecule has 0 aromatic carbocycles. The number of hydrogen-bond donors (Lipinski definition) is 1. The van der Waals surface area contributed by atoms with Crippen LogP contribution in [0.3, 0.4) is 0 Å². The Hall–Kier alpha value is -1.13. The third-order valence-corrected chi connectivity index (χ3v) is 2.60. The predicted octanol–water partition coefficient (Wildman–Crippen LogP) is 2.29.